The van der Waals surface area contributed by atoms with Crippen molar-refractivity contribution in [2.45, 2.75) is 0 Å². The Labute approximate surface area is 121 Å². The van der Waals surface area contributed by atoms with Gasteiger partial charge in [-0.05, 0) is 18.2 Å². The van der Waals surface area contributed by atoms with E-state index in [1.54, 1.807) is 12.1 Å². The molecule has 3 aromatic rings. The zero-order valence-electron chi connectivity index (χ0n) is 9.82. The molecule has 1 aromatic heterocycles. The molecule has 0 aliphatic carbocycles. The molecule has 0 saturated carbocycles. The summed E-state index contributed by atoms with van der Waals surface area (Å²) in [6.07, 6.45) is 0. The van der Waals surface area contributed by atoms with Gasteiger partial charge in [0.2, 0.25) is 0 Å². The van der Waals surface area contributed by atoms with Crippen LogP contribution in [0.3, 0.4) is 0 Å². The highest BCUT2D eigenvalue weighted by Crippen LogP contribution is 2.35. The summed E-state index contributed by atoms with van der Waals surface area (Å²) in [7, 11) is 0. The van der Waals surface area contributed by atoms with E-state index in [0.29, 0.717) is 27.8 Å². The monoisotopic (exact) mass is 312 g/mol. The molecule has 0 amide bonds. The Morgan fingerprint density at radius 1 is 1.20 bits per heavy atom. The van der Waals surface area contributed by atoms with Gasteiger partial charge < -0.3 is 11.1 Å². The van der Waals surface area contributed by atoms with E-state index in [1.165, 1.54) is 0 Å². The minimum absolute atomic E-state index is 0.0879. The van der Waals surface area contributed by atoms with Gasteiger partial charge in [-0.2, -0.15) is 8.75 Å². The van der Waals surface area contributed by atoms with Crippen LogP contribution in [0.25, 0.3) is 11.0 Å². The van der Waals surface area contributed by atoms with Crippen LogP contribution in [0, 0.1) is 11.6 Å². The first-order chi connectivity index (χ1) is 9.56. The molecule has 0 unspecified atom stereocenters. The summed E-state index contributed by atoms with van der Waals surface area (Å²) in [5.41, 5.74) is 7.05. The molecule has 0 bridgehead atoms. The first-order valence-electron chi connectivity index (χ1n) is 5.48. The van der Waals surface area contributed by atoms with Crippen LogP contribution in [0.1, 0.15) is 0 Å². The van der Waals surface area contributed by atoms with Gasteiger partial charge in [0.25, 0.3) is 0 Å². The standard InChI is InChI=1S/C12H7ClF2N4S/c13-6-1-2-8-12(19-20-18-8)11(6)17-9-4-5(14)3-7(15)10(9)16/h1-4,17H,16H2. The molecule has 20 heavy (non-hydrogen) atoms. The smallest absolute Gasteiger partial charge is 0.151 e. The molecular formula is C12H7ClF2N4S. The van der Waals surface area contributed by atoms with Crippen molar-refractivity contribution in [3.63, 3.8) is 0 Å². The predicted octanol–water partition coefficient (Wildman–Crippen LogP) is 3.95. The van der Waals surface area contributed by atoms with Crippen LogP contribution in [-0.4, -0.2) is 8.75 Å². The molecule has 0 saturated heterocycles. The van der Waals surface area contributed by atoms with Crippen molar-refractivity contribution in [1.29, 1.82) is 0 Å². The molecule has 0 radical (unpaired) electrons. The Morgan fingerprint density at radius 2 is 2.00 bits per heavy atom. The van der Waals surface area contributed by atoms with Crippen LogP contribution >= 0.6 is 23.3 Å². The van der Waals surface area contributed by atoms with Crippen molar-refractivity contribution in [2.24, 2.45) is 0 Å². The highest BCUT2D eigenvalue weighted by atomic mass is 35.5. The number of aromatic nitrogens is 2. The summed E-state index contributed by atoms with van der Waals surface area (Å²) in [4.78, 5) is 0. The first kappa shape index (κ1) is 13.0. The van der Waals surface area contributed by atoms with Gasteiger partial charge in [0.1, 0.15) is 16.9 Å². The molecule has 2 aromatic carbocycles. The Hall–Kier alpha value is -1.99. The summed E-state index contributed by atoms with van der Waals surface area (Å²) >= 11 is 7.11. The van der Waals surface area contributed by atoms with Crippen molar-refractivity contribution < 1.29 is 8.78 Å². The maximum atomic E-state index is 13.4. The van der Waals surface area contributed by atoms with Crippen molar-refractivity contribution >= 4 is 51.4 Å². The lowest BCUT2D eigenvalue weighted by Crippen LogP contribution is -2.01. The molecule has 8 heteroatoms. The SMILES string of the molecule is Nc1c(F)cc(F)cc1Nc1c(Cl)ccc2nsnc12. The largest absolute Gasteiger partial charge is 0.395 e. The Balaban J connectivity index is 2.14. The minimum Gasteiger partial charge on any atom is -0.395 e. The first-order valence-corrected chi connectivity index (χ1v) is 6.59. The van der Waals surface area contributed by atoms with Gasteiger partial charge in [0.05, 0.1) is 33.8 Å². The zero-order chi connectivity index (χ0) is 14.3. The van der Waals surface area contributed by atoms with Crippen LogP contribution in [0.2, 0.25) is 5.02 Å². The van der Waals surface area contributed by atoms with E-state index in [9.17, 15) is 8.78 Å². The molecule has 1 heterocycles. The van der Waals surface area contributed by atoms with E-state index < -0.39 is 11.6 Å². The summed E-state index contributed by atoms with van der Waals surface area (Å²) in [5, 5.41) is 3.17. The average molecular weight is 313 g/mol. The van der Waals surface area contributed by atoms with Crippen LogP contribution < -0.4 is 11.1 Å². The molecule has 0 aliphatic rings. The van der Waals surface area contributed by atoms with Crippen molar-refractivity contribution in [3.8, 4) is 0 Å². The summed E-state index contributed by atoms with van der Waals surface area (Å²) in [6, 6.07) is 5.14. The van der Waals surface area contributed by atoms with E-state index in [4.69, 9.17) is 17.3 Å². The zero-order valence-corrected chi connectivity index (χ0v) is 11.4. The van der Waals surface area contributed by atoms with Crippen LogP contribution in [0.15, 0.2) is 24.3 Å². The van der Waals surface area contributed by atoms with Crippen LogP contribution in [0.4, 0.5) is 25.8 Å². The predicted molar refractivity (Wildman–Crippen MR) is 76.5 cm³/mol. The van der Waals surface area contributed by atoms with Gasteiger partial charge in [-0.25, -0.2) is 8.78 Å². The second-order valence-electron chi connectivity index (χ2n) is 4.03. The fraction of sp³-hybridized carbons (Fsp3) is 0. The molecule has 3 N–H and O–H groups in total. The third kappa shape index (κ3) is 2.14. The van der Waals surface area contributed by atoms with Crippen molar-refractivity contribution in [3.05, 3.63) is 40.9 Å². The molecule has 3 rings (SSSR count). The number of nitrogens with one attached hydrogen (secondary N) is 1. The number of anilines is 3. The van der Waals surface area contributed by atoms with Crippen molar-refractivity contribution in [1.82, 2.24) is 8.75 Å². The Bertz CT molecular complexity index is 805. The molecule has 4 nitrogen and oxygen atoms in total. The maximum Gasteiger partial charge on any atom is 0.151 e. The number of nitrogen functional groups attached to an aromatic ring is 1. The number of nitrogens with two attached hydrogens (primary N) is 1. The number of halogens is 3. The molecule has 0 aliphatic heterocycles. The van der Waals surface area contributed by atoms with E-state index in [2.05, 4.69) is 14.1 Å². The van der Waals surface area contributed by atoms with E-state index >= 15 is 0 Å². The van der Waals surface area contributed by atoms with Gasteiger partial charge in [0, 0.05) is 6.07 Å². The van der Waals surface area contributed by atoms with Crippen LogP contribution in [-0.2, 0) is 0 Å². The average Bonchev–Trinajstić information content (AvgIpc) is 2.87. The van der Waals surface area contributed by atoms with Gasteiger partial charge in [0.15, 0.2) is 5.82 Å². The van der Waals surface area contributed by atoms with Gasteiger partial charge in [-0.15, -0.1) is 0 Å². The fourth-order valence-electron chi connectivity index (χ4n) is 1.77. The van der Waals surface area contributed by atoms with Crippen LogP contribution in [0.5, 0.6) is 0 Å². The van der Waals surface area contributed by atoms with Gasteiger partial charge in [-0.1, -0.05) is 11.6 Å². The lowest BCUT2D eigenvalue weighted by molar-refractivity contribution is 0.587. The summed E-state index contributed by atoms with van der Waals surface area (Å²) in [5.74, 6) is -1.58. The van der Waals surface area contributed by atoms with Gasteiger partial charge in [-0.3, -0.25) is 0 Å². The molecule has 102 valence electrons. The number of rotatable bonds is 2. The molecular weight excluding hydrogens is 306 g/mol. The molecule has 0 fully saturated rings. The number of fused-ring (bicyclic) bond motifs is 1. The lowest BCUT2D eigenvalue weighted by Gasteiger charge is -2.11. The number of hydrogen-bond acceptors (Lipinski definition) is 5. The Morgan fingerprint density at radius 3 is 2.80 bits per heavy atom. The third-order valence-corrected chi connectivity index (χ3v) is 3.59. The quantitative estimate of drug-likeness (QED) is 0.703. The number of benzene rings is 2. The number of nitrogens with zero attached hydrogens (tertiary/aromatic N) is 2. The fourth-order valence-corrected chi connectivity index (χ4v) is 2.51. The summed E-state index contributed by atoms with van der Waals surface area (Å²) < 4.78 is 34.9. The van der Waals surface area contributed by atoms with Gasteiger partial charge >= 0.3 is 0 Å². The molecule has 0 spiro atoms. The van der Waals surface area contributed by atoms with E-state index in [0.717, 1.165) is 17.8 Å². The third-order valence-electron chi connectivity index (χ3n) is 2.73. The second-order valence-corrected chi connectivity index (χ2v) is 4.96. The Kier molecular flexibility index (Phi) is 3.15. The second kappa shape index (κ2) is 4.84. The normalized spacial score (nSPS) is 10.9. The van der Waals surface area contributed by atoms with E-state index in [1.807, 2.05) is 0 Å². The minimum atomic E-state index is -0.841. The lowest BCUT2D eigenvalue weighted by atomic mass is 10.2. The maximum absolute atomic E-state index is 13.4. The van der Waals surface area contributed by atoms with E-state index in [-0.39, 0.29) is 11.4 Å². The number of hydrogen-bond donors (Lipinski definition) is 2. The highest BCUT2D eigenvalue weighted by molar-refractivity contribution is 7.00. The highest BCUT2D eigenvalue weighted by Gasteiger charge is 2.14. The van der Waals surface area contributed by atoms with Crippen molar-refractivity contribution in [2.75, 3.05) is 11.1 Å². The molecule has 0 atom stereocenters. The topological polar surface area (TPSA) is 63.8 Å². The summed E-state index contributed by atoms with van der Waals surface area (Å²) in [6.45, 7) is 0.